The number of benzene rings is 1. The Bertz CT molecular complexity index is 482. The summed E-state index contributed by atoms with van der Waals surface area (Å²) >= 11 is 0. The minimum Gasteiger partial charge on any atom is -0.409 e. The van der Waals surface area contributed by atoms with Crippen molar-refractivity contribution in [2.24, 2.45) is 16.3 Å². The zero-order valence-corrected chi connectivity index (χ0v) is 12.4. The Kier molecular flexibility index (Phi) is 4.65. The molecule has 110 valence electrons. The number of hydrogen-bond donors (Lipinski definition) is 3. The third-order valence-corrected chi connectivity index (χ3v) is 4.45. The second kappa shape index (κ2) is 6.27. The van der Waals surface area contributed by atoms with Gasteiger partial charge in [-0.2, -0.15) is 0 Å². The fourth-order valence-electron chi connectivity index (χ4n) is 3.08. The Hall–Kier alpha value is -1.55. The molecule has 1 atom stereocenters. The van der Waals surface area contributed by atoms with Crippen LogP contribution in [-0.4, -0.2) is 17.1 Å². The highest BCUT2D eigenvalue weighted by molar-refractivity contribution is 5.98. The summed E-state index contributed by atoms with van der Waals surface area (Å²) in [5, 5.41) is 15.6. The predicted octanol–water partition coefficient (Wildman–Crippen LogP) is 2.84. The highest BCUT2D eigenvalue weighted by Crippen LogP contribution is 2.35. The molecular weight excluding hydrogens is 250 g/mol. The monoisotopic (exact) mass is 275 g/mol. The standard InChI is InChI=1S/C16H25N3O/c1-16(2)10-6-5-9-14(16)18-11-12-7-3-4-8-13(12)15(17)19-20/h3-4,7-8,14,18,20H,5-6,9-11H2,1-2H3,(H2,17,19). The van der Waals surface area contributed by atoms with Crippen molar-refractivity contribution in [3.63, 3.8) is 0 Å². The quantitative estimate of drug-likeness (QED) is 0.342. The smallest absolute Gasteiger partial charge is 0.170 e. The van der Waals surface area contributed by atoms with E-state index in [0.29, 0.717) is 11.5 Å². The van der Waals surface area contributed by atoms with Crippen LogP contribution < -0.4 is 11.1 Å². The zero-order chi connectivity index (χ0) is 14.6. The molecule has 0 spiro atoms. The summed E-state index contributed by atoms with van der Waals surface area (Å²) in [6.07, 6.45) is 5.11. The van der Waals surface area contributed by atoms with E-state index < -0.39 is 0 Å². The molecule has 0 aromatic heterocycles. The van der Waals surface area contributed by atoms with E-state index in [1.54, 1.807) is 0 Å². The van der Waals surface area contributed by atoms with Crippen molar-refractivity contribution < 1.29 is 5.21 Å². The third kappa shape index (κ3) is 3.31. The van der Waals surface area contributed by atoms with E-state index in [9.17, 15) is 0 Å². The van der Waals surface area contributed by atoms with E-state index in [0.717, 1.165) is 17.7 Å². The Morgan fingerprint density at radius 2 is 2.15 bits per heavy atom. The van der Waals surface area contributed by atoms with Crippen molar-refractivity contribution in [3.05, 3.63) is 35.4 Å². The third-order valence-electron chi connectivity index (χ3n) is 4.45. The lowest BCUT2D eigenvalue weighted by Crippen LogP contribution is -2.43. The van der Waals surface area contributed by atoms with Crippen LogP contribution in [0.2, 0.25) is 0 Å². The Morgan fingerprint density at radius 1 is 1.40 bits per heavy atom. The largest absolute Gasteiger partial charge is 0.409 e. The molecule has 0 saturated heterocycles. The molecule has 0 heterocycles. The van der Waals surface area contributed by atoms with Gasteiger partial charge >= 0.3 is 0 Å². The second-order valence-corrected chi connectivity index (χ2v) is 6.31. The maximum atomic E-state index is 8.86. The second-order valence-electron chi connectivity index (χ2n) is 6.31. The lowest BCUT2D eigenvalue weighted by atomic mass is 9.73. The molecule has 4 N–H and O–H groups in total. The molecule has 0 aliphatic heterocycles. The SMILES string of the molecule is CC1(C)CCCCC1NCc1ccccc1C(N)=NO. The summed E-state index contributed by atoms with van der Waals surface area (Å²) < 4.78 is 0. The molecule has 1 saturated carbocycles. The summed E-state index contributed by atoms with van der Waals surface area (Å²) in [5.74, 6) is 0.172. The van der Waals surface area contributed by atoms with E-state index >= 15 is 0 Å². The fourth-order valence-corrected chi connectivity index (χ4v) is 3.08. The van der Waals surface area contributed by atoms with E-state index in [2.05, 4.69) is 24.3 Å². The van der Waals surface area contributed by atoms with E-state index in [-0.39, 0.29) is 5.84 Å². The highest BCUT2D eigenvalue weighted by atomic mass is 16.4. The van der Waals surface area contributed by atoms with Gasteiger partial charge in [0.15, 0.2) is 5.84 Å². The average molecular weight is 275 g/mol. The number of oxime groups is 1. The highest BCUT2D eigenvalue weighted by Gasteiger charge is 2.31. The molecule has 1 aromatic carbocycles. The first-order chi connectivity index (χ1) is 9.54. The molecule has 1 aliphatic rings. The van der Waals surface area contributed by atoms with Gasteiger partial charge < -0.3 is 16.3 Å². The molecule has 1 unspecified atom stereocenters. The topological polar surface area (TPSA) is 70.6 Å². The van der Waals surface area contributed by atoms with Crippen molar-refractivity contribution in [1.82, 2.24) is 5.32 Å². The van der Waals surface area contributed by atoms with Gasteiger partial charge in [-0.3, -0.25) is 0 Å². The van der Waals surface area contributed by atoms with Crippen molar-refractivity contribution in [3.8, 4) is 0 Å². The van der Waals surface area contributed by atoms with Crippen LogP contribution >= 0.6 is 0 Å². The lowest BCUT2D eigenvalue weighted by Gasteiger charge is -2.39. The molecule has 1 aromatic rings. The number of nitrogens with two attached hydrogens (primary N) is 1. The van der Waals surface area contributed by atoms with Gasteiger partial charge in [0.25, 0.3) is 0 Å². The van der Waals surface area contributed by atoms with Gasteiger partial charge in [0.05, 0.1) is 0 Å². The Morgan fingerprint density at radius 3 is 2.85 bits per heavy atom. The summed E-state index contributed by atoms with van der Waals surface area (Å²) in [6, 6.07) is 8.32. The van der Waals surface area contributed by atoms with Crippen molar-refractivity contribution >= 4 is 5.84 Å². The first-order valence-corrected chi connectivity index (χ1v) is 7.34. The van der Waals surface area contributed by atoms with Gasteiger partial charge in [-0.1, -0.05) is 56.1 Å². The van der Waals surface area contributed by atoms with E-state index in [4.69, 9.17) is 10.9 Å². The number of hydrogen-bond acceptors (Lipinski definition) is 3. The van der Waals surface area contributed by atoms with Crippen LogP contribution in [-0.2, 0) is 6.54 Å². The van der Waals surface area contributed by atoms with Crippen molar-refractivity contribution in [1.29, 1.82) is 0 Å². The summed E-state index contributed by atoms with van der Waals surface area (Å²) in [6.45, 7) is 5.42. The first-order valence-electron chi connectivity index (χ1n) is 7.34. The lowest BCUT2D eigenvalue weighted by molar-refractivity contribution is 0.167. The van der Waals surface area contributed by atoms with Gasteiger partial charge in [0, 0.05) is 18.2 Å². The molecule has 1 fully saturated rings. The van der Waals surface area contributed by atoms with Gasteiger partial charge in [-0.15, -0.1) is 0 Å². The minimum absolute atomic E-state index is 0.172. The Balaban J connectivity index is 2.07. The molecule has 0 amide bonds. The summed E-state index contributed by atoms with van der Waals surface area (Å²) in [7, 11) is 0. The van der Waals surface area contributed by atoms with Gasteiger partial charge in [0.1, 0.15) is 0 Å². The van der Waals surface area contributed by atoms with Crippen LogP contribution in [0, 0.1) is 5.41 Å². The van der Waals surface area contributed by atoms with Gasteiger partial charge in [-0.25, -0.2) is 0 Å². The molecule has 4 nitrogen and oxygen atoms in total. The summed E-state index contributed by atoms with van der Waals surface area (Å²) in [4.78, 5) is 0. The Labute approximate surface area is 121 Å². The number of rotatable bonds is 4. The average Bonchev–Trinajstić information content (AvgIpc) is 2.45. The minimum atomic E-state index is 0.172. The van der Waals surface area contributed by atoms with Crippen LogP contribution in [0.4, 0.5) is 0 Å². The number of nitrogens with one attached hydrogen (secondary N) is 1. The molecule has 2 rings (SSSR count). The first kappa shape index (κ1) is 14.9. The van der Waals surface area contributed by atoms with Crippen LogP contribution in [0.5, 0.6) is 0 Å². The number of nitrogens with zero attached hydrogens (tertiary/aromatic N) is 1. The number of amidine groups is 1. The van der Waals surface area contributed by atoms with Crippen molar-refractivity contribution in [2.45, 2.75) is 52.1 Å². The molecular formula is C16H25N3O. The van der Waals surface area contributed by atoms with Crippen LogP contribution in [0.3, 0.4) is 0 Å². The summed E-state index contributed by atoms with van der Waals surface area (Å²) in [5.41, 5.74) is 7.94. The normalized spacial score (nSPS) is 22.7. The maximum Gasteiger partial charge on any atom is 0.170 e. The van der Waals surface area contributed by atoms with E-state index in [1.165, 1.54) is 25.7 Å². The van der Waals surface area contributed by atoms with Gasteiger partial charge in [-0.05, 0) is 23.8 Å². The molecule has 0 radical (unpaired) electrons. The van der Waals surface area contributed by atoms with E-state index in [1.807, 2.05) is 24.3 Å². The zero-order valence-electron chi connectivity index (χ0n) is 12.4. The maximum absolute atomic E-state index is 8.86. The van der Waals surface area contributed by atoms with Crippen molar-refractivity contribution in [2.75, 3.05) is 0 Å². The fraction of sp³-hybridized carbons (Fsp3) is 0.562. The van der Waals surface area contributed by atoms with Crippen LogP contribution in [0.25, 0.3) is 0 Å². The molecule has 20 heavy (non-hydrogen) atoms. The van der Waals surface area contributed by atoms with Crippen LogP contribution in [0.15, 0.2) is 29.4 Å². The van der Waals surface area contributed by atoms with Gasteiger partial charge in [0.2, 0.25) is 0 Å². The molecule has 4 heteroatoms. The van der Waals surface area contributed by atoms with Crippen LogP contribution in [0.1, 0.15) is 50.7 Å². The predicted molar refractivity (Wildman–Crippen MR) is 81.8 cm³/mol. The molecule has 0 bridgehead atoms. The molecule has 1 aliphatic carbocycles.